The lowest BCUT2D eigenvalue weighted by Gasteiger charge is -2.35. The summed E-state index contributed by atoms with van der Waals surface area (Å²) in [4.78, 5) is 12.0. The number of hydrogen-bond acceptors (Lipinski definition) is 2. The van der Waals surface area contributed by atoms with Gasteiger partial charge in [-0.3, -0.25) is 4.79 Å². The van der Waals surface area contributed by atoms with Crippen LogP contribution in [0.2, 0.25) is 18.6 Å². The van der Waals surface area contributed by atoms with Gasteiger partial charge in [0, 0.05) is 5.41 Å². The lowest BCUT2D eigenvalue weighted by Crippen LogP contribution is -2.51. The fourth-order valence-corrected chi connectivity index (χ4v) is 7.14. The maximum atomic E-state index is 12.0. The van der Waals surface area contributed by atoms with Crippen molar-refractivity contribution in [2.75, 3.05) is 6.61 Å². The van der Waals surface area contributed by atoms with Crippen LogP contribution in [0.3, 0.4) is 0 Å². The Morgan fingerprint density at radius 2 is 1.82 bits per heavy atom. The van der Waals surface area contributed by atoms with Gasteiger partial charge in [0.2, 0.25) is 0 Å². The molecule has 2 rings (SSSR count). The van der Waals surface area contributed by atoms with Crippen molar-refractivity contribution in [3.63, 3.8) is 0 Å². The van der Waals surface area contributed by atoms with Crippen LogP contribution in [-0.2, 0) is 9.53 Å². The Bertz CT molecular complexity index is 423. The summed E-state index contributed by atoms with van der Waals surface area (Å²) in [7, 11) is -1.82. The summed E-state index contributed by atoms with van der Waals surface area (Å²) < 4.78 is 5.28. The molecular weight excluding hydrogens is 228 g/mol. The second-order valence-corrected chi connectivity index (χ2v) is 10.7. The molecule has 0 bridgehead atoms. The predicted octanol–water partition coefficient (Wildman–Crippen LogP) is 2.56. The lowest BCUT2D eigenvalue weighted by molar-refractivity contribution is -0.138. The van der Waals surface area contributed by atoms with Gasteiger partial charge in [0.1, 0.15) is 0 Å². The van der Waals surface area contributed by atoms with Crippen LogP contribution >= 0.6 is 0 Å². The maximum absolute atomic E-state index is 12.0. The number of cyclic esters (lactones) is 1. The molecule has 0 amide bonds. The molecule has 3 heteroatoms. The monoisotopic (exact) mass is 248 g/mol. The van der Waals surface area contributed by atoms with Crippen molar-refractivity contribution in [1.82, 2.24) is 0 Å². The molecule has 0 aliphatic carbocycles. The minimum atomic E-state index is -1.82. The molecule has 1 fully saturated rings. The van der Waals surface area contributed by atoms with E-state index in [2.05, 4.69) is 51.2 Å². The summed E-state index contributed by atoms with van der Waals surface area (Å²) in [6.45, 7) is 9.36. The SMILES string of the molecule is CC1(C)COC(=O)C1[Si](C)(C)c1ccccc1. The van der Waals surface area contributed by atoms with Crippen molar-refractivity contribution in [1.29, 1.82) is 0 Å². The van der Waals surface area contributed by atoms with Crippen molar-refractivity contribution in [2.45, 2.75) is 32.5 Å². The van der Waals surface area contributed by atoms with Crippen molar-refractivity contribution in [3.05, 3.63) is 30.3 Å². The van der Waals surface area contributed by atoms with Gasteiger partial charge < -0.3 is 4.74 Å². The van der Waals surface area contributed by atoms with Gasteiger partial charge in [0.15, 0.2) is 0 Å². The van der Waals surface area contributed by atoms with Crippen molar-refractivity contribution < 1.29 is 9.53 Å². The summed E-state index contributed by atoms with van der Waals surface area (Å²) in [5.41, 5.74) is 0.0141. The normalized spacial score (nSPS) is 23.5. The van der Waals surface area contributed by atoms with E-state index in [0.717, 1.165) is 0 Å². The molecule has 92 valence electrons. The molecule has 2 nitrogen and oxygen atoms in total. The first kappa shape index (κ1) is 12.4. The van der Waals surface area contributed by atoms with Gasteiger partial charge in [-0.05, 0) is 0 Å². The highest BCUT2D eigenvalue weighted by Crippen LogP contribution is 2.45. The molecule has 0 saturated carbocycles. The van der Waals surface area contributed by atoms with Gasteiger partial charge in [-0.15, -0.1) is 0 Å². The Kier molecular flexibility index (Phi) is 2.90. The molecule has 1 unspecified atom stereocenters. The Morgan fingerprint density at radius 3 is 2.29 bits per heavy atom. The highest BCUT2D eigenvalue weighted by atomic mass is 28.3. The standard InChI is InChI=1S/C14H20O2Si/c1-14(2)10-16-13(15)12(14)17(3,4)11-8-6-5-7-9-11/h5-9,12H,10H2,1-4H3. The average molecular weight is 248 g/mol. The molecule has 1 heterocycles. The van der Waals surface area contributed by atoms with E-state index in [1.165, 1.54) is 5.19 Å². The summed E-state index contributed by atoms with van der Waals surface area (Å²) in [5.74, 6) is -0.00415. The average Bonchev–Trinajstić information content (AvgIpc) is 2.54. The van der Waals surface area contributed by atoms with E-state index < -0.39 is 8.07 Å². The Hall–Kier alpha value is -1.09. The summed E-state index contributed by atoms with van der Waals surface area (Å²) in [5, 5.41) is 1.33. The van der Waals surface area contributed by atoms with Crippen LogP contribution in [0, 0.1) is 5.41 Å². The zero-order valence-electron chi connectivity index (χ0n) is 11.0. The maximum Gasteiger partial charge on any atom is 0.307 e. The summed E-state index contributed by atoms with van der Waals surface area (Å²) in [6, 6.07) is 10.4. The first-order chi connectivity index (χ1) is 7.86. The van der Waals surface area contributed by atoms with Gasteiger partial charge in [0.05, 0.1) is 20.2 Å². The number of carbonyl (C=O) groups is 1. The first-order valence-electron chi connectivity index (χ1n) is 6.08. The number of ether oxygens (including phenoxy) is 1. The van der Waals surface area contributed by atoms with Crippen LogP contribution in [0.15, 0.2) is 30.3 Å². The van der Waals surface area contributed by atoms with E-state index >= 15 is 0 Å². The topological polar surface area (TPSA) is 26.3 Å². The van der Waals surface area contributed by atoms with Gasteiger partial charge in [-0.2, -0.15) is 0 Å². The molecule has 1 saturated heterocycles. The highest BCUT2D eigenvalue weighted by molar-refractivity contribution is 6.93. The second-order valence-electron chi connectivity index (χ2n) is 6.12. The largest absolute Gasteiger partial charge is 0.465 e. The third kappa shape index (κ3) is 2.04. The molecule has 17 heavy (non-hydrogen) atoms. The zero-order valence-corrected chi connectivity index (χ0v) is 12.0. The van der Waals surface area contributed by atoms with Crippen molar-refractivity contribution in [2.24, 2.45) is 5.41 Å². The van der Waals surface area contributed by atoms with E-state index in [4.69, 9.17) is 4.74 Å². The van der Waals surface area contributed by atoms with Gasteiger partial charge in [0.25, 0.3) is 0 Å². The third-order valence-corrected chi connectivity index (χ3v) is 8.13. The minimum Gasteiger partial charge on any atom is -0.465 e. The van der Waals surface area contributed by atoms with E-state index in [1.54, 1.807) is 0 Å². The molecule has 0 aromatic heterocycles. The number of hydrogen-bond donors (Lipinski definition) is 0. The van der Waals surface area contributed by atoms with Crippen LogP contribution in [0.1, 0.15) is 13.8 Å². The van der Waals surface area contributed by atoms with E-state index in [1.807, 2.05) is 6.07 Å². The van der Waals surface area contributed by atoms with E-state index in [-0.39, 0.29) is 16.9 Å². The Labute approximate surface area is 104 Å². The number of esters is 1. The van der Waals surface area contributed by atoms with Crippen molar-refractivity contribution in [3.8, 4) is 0 Å². The van der Waals surface area contributed by atoms with Crippen molar-refractivity contribution >= 4 is 19.2 Å². The summed E-state index contributed by atoms with van der Waals surface area (Å²) >= 11 is 0. The lowest BCUT2D eigenvalue weighted by atomic mass is 9.92. The molecule has 0 radical (unpaired) electrons. The predicted molar refractivity (Wildman–Crippen MR) is 72.0 cm³/mol. The molecule has 1 aromatic rings. The smallest absolute Gasteiger partial charge is 0.307 e. The Morgan fingerprint density at radius 1 is 1.24 bits per heavy atom. The van der Waals surface area contributed by atoms with Gasteiger partial charge in [-0.25, -0.2) is 0 Å². The van der Waals surface area contributed by atoms with Crippen LogP contribution in [-0.4, -0.2) is 20.7 Å². The zero-order chi connectivity index (χ0) is 12.7. The van der Waals surface area contributed by atoms with Crippen LogP contribution in [0.4, 0.5) is 0 Å². The molecule has 1 aromatic carbocycles. The van der Waals surface area contributed by atoms with Crippen LogP contribution in [0.5, 0.6) is 0 Å². The summed E-state index contributed by atoms with van der Waals surface area (Å²) in [6.07, 6.45) is 0. The van der Waals surface area contributed by atoms with Crippen LogP contribution in [0.25, 0.3) is 0 Å². The molecule has 1 aliphatic rings. The third-order valence-electron chi connectivity index (χ3n) is 3.84. The molecule has 1 aliphatic heterocycles. The van der Waals surface area contributed by atoms with Gasteiger partial charge in [-0.1, -0.05) is 62.5 Å². The van der Waals surface area contributed by atoms with E-state index in [9.17, 15) is 4.79 Å². The number of carbonyl (C=O) groups excluding carboxylic acids is 1. The second kappa shape index (κ2) is 3.98. The molecule has 1 atom stereocenters. The molecule has 0 spiro atoms. The molecule has 0 N–H and O–H groups in total. The molecular formula is C14H20O2Si. The Balaban J connectivity index is 2.42. The van der Waals surface area contributed by atoms with Gasteiger partial charge >= 0.3 is 5.97 Å². The van der Waals surface area contributed by atoms with Crippen LogP contribution < -0.4 is 5.19 Å². The van der Waals surface area contributed by atoms with E-state index in [0.29, 0.717) is 6.61 Å². The first-order valence-corrected chi connectivity index (χ1v) is 9.15. The fraction of sp³-hybridized carbons (Fsp3) is 0.500. The minimum absolute atomic E-state index is 0.00415. The highest BCUT2D eigenvalue weighted by Gasteiger charge is 2.53. The number of benzene rings is 1. The quantitative estimate of drug-likeness (QED) is 0.594. The fourth-order valence-electron chi connectivity index (χ4n) is 3.05. The number of rotatable bonds is 2.